The van der Waals surface area contributed by atoms with Crippen LogP contribution in [0.3, 0.4) is 0 Å². The average Bonchev–Trinajstić information content (AvgIpc) is 2.34. The Morgan fingerprint density at radius 2 is 0.684 bits per heavy atom. The highest BCUT2D eigenvalue weighted by Crippen LogP contribution is 2.71. The van der Waals surface area contributed by atoms with Gasteiger partial charge >= 0.3 is 0 Å². The molecule has 7 saturated carbocycles. The Morgan fingerprint density at radius 1 is 0.526 bits per heavy atom. The van der Waals surface area contributed by atoms with Crippen LogP contribution >= 0.6 is 0 Å². The molecular formula is C17H32N2. The van der Waals surface area contributed by atoms with E-state index >= 15 is 0 Å². The van der Waals surface area contributed by atoms with Gasteiger partial charge in [-0.15, -0.1) is 0 Å². The van der Waals surface area contributed by atoms with Gasteiger partial charge in [0, 0.05) is 0 Å². The summed E-state index contributed by atoms with van der Waals surface area (Å²) in [7, 11) is 6.00. The van der Waals surface area contributed by atoms with E-state index in [-0.39, 0.29) is 6.15 Å². The largest absolute Gasteiger partial charge is 0.344 e. The van der Waals surface area contributed by atoms with Gasteiger partial charge in [-0.2, -0.15) is 0 Å². The topological polar surface area (TPSA) is 38.2 Å². The van der Waals surface area contributed by atoms with Crippen molar-refractivity contribution in [1.82, 2.24) is 11.1 Å². The molecule has 0 saturated heterocycles. The summed E-state index contributed by atoms with van der Waals surface area (Å²) in [5, 5.41) is 0. The summed E-state index contributed by atoms with van der Waals surface area (Å²) >= 11 is 0. The van der Waals surface area contributed by atoms with Crippen LogP contribution in [0, 0.1) is 47.3 Å². The van der Waals surface area contributed by atoms with Crippen LogP contribution in [0.15, 0.2) is 0 Å². The molecule has 0 spiro atoms. The smallest absolute Gasteiger partial charge is 0.0140 e. The maximum absolute atomic E-state index is 2.00. The lowest BCUT2D eigenvalue weighted by Crippen LogP contribution is -2.62. The van der Waals surface area contributed by atoms with E-state index in [0.717, 1.165) is 0 Å². The summed E-state index contributed by atoms with van der Waals surface area (Å²) in [6.07, 6.45) is 9.93. The van der Waals surface area contributed by atoms with Crippen LogP contribution in [-0.4, -0.2) is 26.0 Å². The molecule has 7 aliphatic rings. The molecule has 19 heavy (non-hydrogen) atoms. The van der Waals surface area contributed by atoms with E-state index in [1.807, 2.05) is 26.0 Å². The number of nitrogens with zero attached hydrogens (tertiary/aromatic N) is 1. The summed E-state index contributed by atoms with van der Waals surface area (Å²) in [5.41, 5.74) is 0. The van der Waals surface area contributed by atoms with Crippen LogP contribution in [0.25, 0.3) is 0 Å². The van der Waals surface area contributed by atoms with E-state index in [2.05, 4.69) is 0 Å². The van der Waals surface area contributed by atoms with Crippen LogP contribution in [0.2, 0.25) is 0 Å². The summed E-state index contributed by atoms with van der Waals surface area (Å²) in [6.45, 7) is 0. The van der Waals surface area contributed by atoms with Gasteiger partial charge in [0.2, 0.25) is 0 Å². The van der Waals surface area contributed by atoms with E-state index in [9.17, 15) is 0 Å². The van der Waals surface area contributed by atoms with Crippen molar-refractivity contribution in [2.24, 2.45) is 47.3 Å². The maximum atomic E-state index is 2.00. The first kappa shape index (κ1) is 13.9. The second-order valence-electron chi connectivity index (χ2n) is 8.47. The first-order chi connectivity index (χ1) is 8.63. The Kier molecular flexibility index (Phi) is 3.46. The molecule has 7 fully saturated rings. The summed E-state index contributed by atoms with van der Waals surface area (Å²) < 4.78 is 0. The molecule has 0 atom stereocenters. The quantitative estimate of drug-likeness (QED) is 0.725. The Morgan fingerprint density at radius 3 is 0.842 bits per heavy atom. The molecule has 0 radical (unpaired) electrons. The van der Waals surface area contributed by atoms with Crippen molar-refractivity contribution in [2.75, 3.05) is 21.1 Å². The molecule has 8 bridgehead atoms. The highest BCUT2D eigenvalue weighted by molar-refractivity contribution is 5.12. The zero-order chi connectivity index (χ0) is 12.4. The molecule has 0 unspecified atom stereocenters. The maximum Gasteiger partial charge on any atom is -0.0140 e. The predicted molar refractivity (Wildman–Crippen MR) is 80.3 cm³/mol. The standard InChI is InChI=1S/C14H20.C3H9N.H3N/c1-7-2-12-10-4-8-5-11(9(1)10)13(3-7)14(12)6-8;1-4(2)3;/h7-14H,1-6H2;1-3H3;1H3. The lowest BCUT2D eigenvalue weighted by Gasteiger charge is -2.69. The van der Waals surface area contributed by atoms with Gasteiger partial charge in [0.1, 0.15) is 0 Å². The minimum absolute atomic E-state index is 0. The minimum Gasteiger partial charge on any atom is -0.344 e. The molecule has 7 rings (SSSR count). The second kappa shape index (κ2) is 4.73. The van der Waals surface area contributed by atoms with E-state index in [4.69, 9.17) is 0 Å². The monoisotopic (exact) mass is 264 g/mol. The fraction of sp³-hybridized carbons (Fsp3) is 1.00. The van der Waals surface area contributed by atoms with Gasteiger partial charge in [0.05, 0.1) is 0 Å². The molecule has 7 aliphatic carbocycles. The predicted octanol–water partition coefficient (Wildman–Crippen LogP) is 3.66. The lowest BCUT2D eigenvalue weighted by molar-refractivity contribution is -0.202. The van der Waals surface area contributed by atoms with Crippen molar-refractivity contribution in [1.29, 1.82) is 0 Å². The van der Waals surface area contributed by atoms with Gasteiger partial charge < -0.3 is 11.1 Å². The summed E-state index contributed by atoms with van der Waals surface area (Å²) in [5.74, 6) is 9.74. The number of rotatable bonds is 0. The minimum atomic E-state index is 0. The van der Waals surface area contributed by atoms with Crippen LogP contribution in [0.1, 0.15) is 38.5 Å². The van der Waals surface area contributed by atoms with Gasteiger partial charge in [-0.05, 0) is 107 Å². The fourth-order valence-electron chi connectivity index (χ4n) is 6.89. The van der Waals surface area contributed by atoms with E-state index < -0.39 is 0 Å². The van der Waals surface area contributed by atoms with Crippen molar-refractivity contribution in [3.05, 3.63) is 0 Å². The Bertz CT molecular complexity index is 248. The number of hydrogen-bond acceptors (Lipinski definition) is 2. The molecule has 0 aliphatic heterocycles. The summed E-state index contributed by atoms with van der Waals surface area (Å²) in [4.78, 5) is 2.00. The fourth-order valence-corrected chi connectivity index (χ4v) is 6.89. The van der Waals surface area contributed by atoms with Crippen LogP contribution in [-0.2, 0) is 0 Å². The van der Waals surface area contributed by atoms with Gasteiger partial charge in [0.25, 0.3) is 0 Å². The molecule has 0 aromatic heterocycles. The highest BCUT2D eigenvalue weighted by Gasteiger charge is 2.63. The van der Waals surface area contributed by atoms with Crippen molar-refractivity contribution in [3.63, 3.8) is 0 Å². The van der Waals surface area contributed by atoms with Crippen molar-refractivity contribution < 1.29 is 0 Å². The summed E-state index contributed by atoms with van der Waals surface area (Å²) in [6, 6.07) is 0. The molecule has 0 aromatic rings. The average molecular weight is 264 g/mol. The lowest BCUT2D eigenvalue weighted by atomic mass is 9.36. The second-order valence-corrected chi connectivity index (χ2v) is 8.47. The SMILES string of the molecule is C1C2CC3C4CC5CC(C14)C(C2)C3C5.CN(C)C.N. The van der Waals surface area contributed by atoms with Crippen LogP contribution in [0.5, 0.6) is 0 Å². The first-order valence-corrected chi connectivity index (χ1v) is 8.24. The third-order valence-electron chi connectivity index (χ3n) is 6.93. The molecule has 110 valence electrons. The molecule has 3 N–H and O–H groups in total. The van der Waals surface area contributed by atoms with Crippen molar-refractivity contribution in [2.45, 2.75) is 38.5 Å². The molecule has 0 heterocycles. The Hall–Kier alpha value is -0.0800. The molecule has 0 amide bonds. The van der Waals surface area contributed by atoms with E-state index in [0.29, 0.717) is 0 Å². The number of hydrogen-bond donors (Lipinski definition) is 1. The van der Waals surface area contributed by atoms with Crippen LogP contribution < -0.4 is 6.15 Å². The van der Waals surface area contributed by atoms with Gasteiger partial charge in [-0.1, -0.05) is 0 Å². The normalized spacial score (nSPS) is 54.9. The van der Waals surface area contributed by atoms with Crippen molar-refractivity contribution in [3.8, 4) is 0 Å². The molecule has 2 heteroatoms. The highest BCUT2D eigenvalue weighted by atomic mass is 15.0. The zero-order valence-electron chi connectivity index (χ0n) is 13.0. The Balaban J connectivity index is 0.000000199. The third kappa shape index (κ3) is 1.98. The molecule has 2 nitrogen and oxygen atoms in total. The van der Waals surface area contributed by atoms with Crippen LogP contribution in [0.4, 0.5) is 0 Å². The zero-order valence-corrected chi connectivity index (χ0v) is 13.0. The Labute approximate surface area is 118 Å². The third-order valence-corrected chi connectivity index (χ3v) is 6.93. The van der Waals surface area contributed by atoms with Crippen molar-refractivity contribution >= 4 is 0 Å². The van der Waals surface area contributed by atoms with Gasteiger partial charge in [0.15, 0.2) is 0 Å². The first-order valence-electron chi connectivity index (χ1n) is 8.24. The molecular weight excluding hydrogens is 232 g/mol. The van der Waals surface area contributed by atoms with Gasteiger partial charge in [-0.3, -0.25) is 0 Å². The van der Waals surface area contributed by atoms with E-state index in [1.54, 1.807) is 38.5 Å². The van der Waals surface area contributed by atoms with Gasteiger partial charge in [-0.25, -0.2) is 0 Å². The molecule has 0 aromatic carbocycles. The van der Waals surface area contributed by atoms with E-state index in [1.165, 1.54) is 47.3 Å².